The van der Waals surface area contributed by atoms with Gasteiger partial charge in [-0.1, -0.05) is 92.5 Å². The molecule has 172 valence electrons. The summed E-state index contributed by atoms with van der Waals surface area (Å²) in [4.78, 5) is 44.9. The van der Waals surface area contributed by atoms with Crippen LogP contribution in [0.25, 0.3) is 0 Å². The van der Waals surface area contributed by atoms with E-state index in [0.717, 1.165) is 11.1 Å². The van der Waals surface area contributed by atoms with E-state index in [0.29, 0.717) is 10.7 Å². The zero-order valence-electron chi connectivity index (χ0n) is 17.1. The van der Waals surface area contributed by atoms with Crippen LogP contribution in [-0.4, -0.2) is 52.1 Å². The van der Waals surface area contributed by atoms with Gasteiger partial charge in [-0.2, -0.15) is 0 Å². The largest absolute Gasteiger partial charge is 0.480 e. The van der Waals surface area contributed by atoms with Crippen LogP contribution in [0.15, 0.2) is 60.7 Å². The normalized spacial score (nSPS) is 10.7. The van der Waals surface area contributed by atoms with Crippen molar-refractivity contribution in [3.8, 4) is 0 Å². The maximum atomic E-state index is 11.9. The van der Waals surface area contributed by atoms with Crippen LogP contribution in [0, 0.1) is 0 Å². The summed E-state index contributed by atoms with van der Waals surface area (Å²) in [5.41, 5.74) is 1.61. The number of aliphatic carboxylic acids is 1. The van der Waals surface area contributed by atoms with Gasteiger partial charge in [0, 0.05) is 6.42 Å². The van der Waals surface area contributed by atoms with Gasteiger partial charge in [0.25, 0.3) is 0 Å². The third-order valence-electron chi connectivity index (χ3n) is 3.82. The fraction of sp³-hybridized carbons (Fsp3) is 0.273. The highest BCUT2D eigenvalue weighted by Gasteiger charge is 2.20. The highest BCUT2D eigenvalue weighted by atomic mass is 79.9. The van der Waals surface area contributed by atoms with Gasteiger partial charge in [0.2, 0.25) is 5.91 Å². The number of alkyl carbamates (subject to hydrolysis) is 1. The summed E-state index contributed by atoms with van der Waals surface area (Å²) >= 11 is 5.99. The summed E-state index contributed by atoms with van der Waals surface area (Å²) in [6.45, 7) is -0.285. The van der Waals surface area contributed by atoms with Crippen molar-refractivity contribution in [2.75, 3.05) is 17.2 Å². The lowest BCUT2D eigenvalue weighted by atomic mass is 10.1. The molecule has 0 fully saturated rings. The average Bonchev–Trinajstić information content (AvgIpc) is 2.82. The number of hydrogen-bond donors (Lipinski definition) is 3. The second-order valence-corrected chi connectivity index (χ2v) is 7.49. The van der Waals surface area contributed by atoms with Gasteiger partial charge in [-0.15, -0.1) is 0 Å². The zero-order valence-corrected chi connectivity index (χ0v) is 20.3. The number of ether oxygens (including phenoxy) is 1. The summed E-state index contributed by atoms with van der Waals surface area (Å²) < 4.78 is 4.98. The molecule has 1 atom stereocenters. The number of carboxylic acid groups (broad SMARTS) is 1. The van der Waals surface area contributed by atoms with E-state index in [1.54, 1.807) is 36.4 Å². The molecule has 0 bridgehead atoms. The molecule has 10 heteroatoms. The van der Waals surface area contributed by atoms with Gasteiger partial charge in [-0.25, -0.2) is 9.59 Å². The molecule has 2 aromatic carbocycles. The number of ketones is 1. The number of hydrogen-bond acceptors (Lipinski definition) is 5. The molecule has 8 nitrogen and oxygen atoms in total. The van der Waals surface area contributed by atoms with Crippen LogP contribution in [0.1, 0.15) is 11.1 Å². The van der Waals surface area contributed by atoms with Gasteiger partial charge in [0.1, 0.15) is 19.2 Å². The Morgan fingerprint density at radius 3 is 1.88 bits per heavy atom. The van der Waals surface area contributed by atoms with Crippen molar-refractivity contribution in [1.82, 2.24) is 10.6 Å². The summed E-state index contributed by atoms with van der Waals surface area (Å²) in [5, 5.41) is 14.8. The first-order valence-electron chi connectivity index (χ1n) is 9.50. The van der Waals surface area contributed by atoms with Gasteiger partial charge in [0.05, 0.1) is 10.7 Å². The van der Waals surface area contributed by atoms with Gasteiger partial charge in [-0.3, -0.25) is 9.59 Å². The van der Waals surface area contributed by atoms with E-state index in [9.17, 15) is 24.3 Å². The summed E-state index contributed by atoms with van der Waals surface area (Å²) in [6.07, 6.45) is -0.598. The van der Waals surface area contributed by atoms with E-state index in [4.69, 9.17) is 4.74 Å². The van der Waals surface area contributed by atoms with Crippen LogP contribution in [0.2, 0.25) is 0 Å². The number of carboxylic acids is 1. The van der Waals surface area contributed by atoms with Gasteiger partial charge < -0.3 is 20.5 Å². The Morgan fingerprint density at radius 2 is 1.41 bits per heavy atom. The summed E-state index contributed by atoms with van der Waals surface area (Å²) in [7, 11) is 0. The second kappa shape index (κ2) is 16.0. The third kappa shape index (κ3) is 12.2. The molecule has 0 unspecified atom stereocenters. The number of benzene rings is 2. The standard InChI is InChI=1S/C19H20N2O5.C3H4Br2O/c22-17(12-20-19(25)26-13-15-9-5-2-6-10-15)21-16(18(23)24)11-14-7-3-1-4-8-14;4-1-3(6)2-5/h1-10,16H,11-13H2,(H,20,25)(H,21,22)(H,23,24);1-2H2/t16-;/m0./s1. The Labute approximate surface area is 203 Å². The molecule has 0 aliphatic heterocycles. The van der Waals surface area contributed by atoms with Gasteiger partial charge in [-0.05, 0) is 11.1 Å². The Bertz CT molecular complexity index is 859. The number of Topliss-reactive ketones (excluding diaryl/α,β-unsaturated/α-hetero) is 1. The molecule has 0 aliphatic carbocycles. The van der Waals surface area contributed by atoms with Crippen molar-refractivity contribution < 1.29 is 29.0 Å². The average molecular weight is 572 g/mol. The van der Waals surface area contributed by atoms with Crippen LogP contribution >= 0.6 is 31.9 Å². The Morgan fingerprint density at radius 1 is 0.875 bits per heavy atom. The molecular weight excluding hydrogens is 548 g/mol. The molecule has 0 saturated carbocycles. The summed E-state index contributed by atoms with van der Waals surface area (Å²) in [6, 6.07) is 17.0. The molecule has 32 heavy (non-hydrogen) atoms. The molecule has 2 amide bonds. The molecular formula is C22H24Br2N2O6. The van der Waals surface area contributed by atoms with Crippen LogP contribution in [-0.2, 0) is 32.1 Å². The highest BCUT2D eigenvalue weighted by Crippen LogP contribution is 2.04. The maximum Gasteiger partial charge on any atom is 0.407 e. The zero-order chi connectivity index (χ0) is 23.8. The van der Waals surface area contributed by atoms with E-state index in [1.165, 1.54) is 0 Å². The minimum atomic E-state index is -1.14. The Kier molecular flexibility index (Phi) is 13.6. The predicted molar refractivity (Wildman–Crippen MR) is 127 cm³/mol. The monoisotopic (exact) mass is 570 g/mol. The molecule has 2 rings (SSSR count). The van der Waals surface area contributed by atoms with Gasteiger partial charge in [0.15, 0.2) is 5.78 Å². The van der Waals surface area contributed by atoms with Crippen molar-refractivity contribution >= 4 is 55.6 Å². The lowest BCUT2D eigenvalue weighted by molar-refractivity contribution is -0.141. The minimum Gasteiger partial charge on any atom is -0.480 e. The van der Waals surface area contributed by atoms with Crippen molar-refractivity contribution in [2.45, 2.75) is 19.1 Å². The van der Waals surface area contributed by atoms with E-state index in [-0.39, 0.29) is 25.4 Å². The number of halogens is 2. The molecule has 0 aromatic heterocycles. The number of nitrogens with one attached hydrogen (secondary N) is 2. The SMILES string of the molecule is O=C(CBr)CBr.O=C(CNC(=O)OCc1ccccc1)N[C@@H](Cc1ccccc1)C(=O)O. The van der Waals surface area contributed by atoms with Crippen molar-refractivity contribution in [1.29, 1.82) is 0 Å². The van der Waals surface area contributed by atoms with E-state index in [1.807, 2.05) is 24.3 Å². The fourth-order valence-electron chi connectivity index (χ4n) is 2.26. The maximum absolute atomic E-state index is 11.9. The smallest absolute Gasteiger partial charge is 0.407 e. The summed E-state index contributed by atoms with van der Waals surface area (Å²) in [5.74, 6) is -1.58. The number of carbonyl (C=O) groups is 4. The first kappa shape index (κ1) is 27.3. The third-order valence-corrected chi connectivity index (χ3v) is 5.07. The van der Waals surface area contributed by atoms with E-state index < -0.39 is 24.0 Å². The second-order valence-electron chi connectivity index (χ2n) is 6.37. The molecule has 0 saturated heterocycles. The molecule has 0 heterocycles. The molecule has 2 aromatic rings. The number of amides is 2. The molecule has 0 aliphatic rings. The minimum absolute atomic E-state index is 0.0834. The fourth-order valence-corrected chi connectivity index (χ4v) is 3.19. The lowest BCUT2D eigenvalue weighted by Crippen LogP contribution is -2.46. The Balaban J connectivity index is 0.000000751. The number of carbonyl (C=O) groups excluding carboxylic acids is 3. The molecule has 3 N–H and O–H groups in total. The number of rotatable bonds is 10. The topological polar surface area (TPSA) is 122 Å². The van der Waals surface area contributed by atoms with E-state index >= 15 is 0 Å². The highest BCUT2D eigenvalue weighted by molar-refractivity contribution is 9.10. The Hall–Kier alpha value is -2.72. The van der Waals surface area contributed by atoms with Gasteiger partial charge >= 0.3 is 12.1 Å². The molecule has 0 radical (unpaired) electrons. The number of alkyl halides is 2. The van der Waals surface area contributed by atoms with Crippen LogP contribution < -0.4 is 10.6 Å². The first-order chi connectivity index (χ1) is 15.3. The lowest BCUT2D eigenvalue weighted by Gasteiger charge is -2.15. The van der Waals surface area contributed by atoms with Crippen LogP contribution in [0.5, 0.6) is 0 Å². The van der Waals surface area contributed by atoms with Crippen LogP contribution in [0.4, 0.5) is 4.79 Å². The van der Waals surface area contributed by atoms with Crippen LogP contribution in [0.3, 0.4) is 0 Å². The van der Waals surface area contributed by atoms with E-state index in [2.05, 4.69) is 42.5 Å². The van der Waals surface area contributed by atoms with Crippen molar-refractivity contribution in [3.63, 3.8) is 0 Å². The predicted octanol–water partition coefficient (Wildman–Crippen LogP) is 3.07. The molecule has 0 spiro atoms. The van der Waals surface area contributed by atoms with Crippen molar-refractivity contribution in [2.24, 2.45) is 0 Å². The van der Waals surface area contributed by atoms with Crippen molar-refractivity contribution in [3.05, 3.63) is 71.8 Å². The quantitative estimate of drug-likeness (QED) is 0.377. The first-order valence-corrected chi connectivity index (χ1v) is 11.7.